The number of Topliss-reactive ketones (excluding diaryl/α,β-unsaturated/α-hetero) is 1. The molecule has 0 aromatic heterocycles. The first kappa shape index (κ1) is 11.2. The van der Waals surface area contributed by atoms with Crippen LogP contribution in [0.25, 0.3) is 0 Å². The zero-order chi connectivity index (χ0) is 21.8. The Labute approximate surface area is 141 Å². The Hall–Kier alpha value is -0.410. The lowest BCUT2D eigenvalue weighted by molar-refractivity contribution is -0.121. The maximum absolute atomic E-state index is 11.4. The first-order valence-corrected chi connectivity index (χ1v) is 8.26. The summed E-state index contributed by atoms with van der Waals surface area (Å²) in [5.41, 5.74) is 5.45. The maximum atomic E-state index is 11.4. The normalized spacial score (nSPS) is 19.4. The summed E-state index contributed by atoms with van der Waals surface area (Å²) in [6.07, 6.45) is 4.47. The van der Waals surface area contributed by atoms with Crippen molar-refractivity contribution in [2.24, 2.45) is 5.73 Å². The van der Waals surface area contributed by atoms with Gasteiger partial charge in [0.2, 0.25) is 0 Å². The Morgan fingerprint density at radius 3 is 1.95 bits per heavy atom. The van der Waals surface area contributed by atoms with E-state index in [9.17, 15) is 4.79 Å². The van der Waals surface area contributed by atoms with Crippen molar-refractivity contribution in [1.29, 1.82) is 0 Å². The van der Waals surface area contributed by atoms with E-state index in [0.29, 0.717) is 12.8 Å². The van der Waals surface area contributed by atoms with Gasteiger partial charge in [-0.05, 0) is 6.42 Å². The van der Waals surface area contributed by atoms with Crippen molar-refractivity contribution < 1.29 is 19.5 Å². The van der Waals surface area contributed by atoms with E-state index in [4.69, 9.17) is 20.4 Å². The Kier molecular flexibility index (Phi) is 8.50. The molecule has 0 amide bonds. The lowest BCUT2D eigenvalue weighted by Crippen LogP contribution is -2.33. The van der Waals surface area contributed by atoms with Gasteiger partial charge in [0, 0.05) is 16.0 Å². The van der Waals surface area contributed by atoms with Gasteiger partial charge in [-0.25, -0.2) is 0 Å². The second kappa shape index (κ2) is 16.0. The van der Waals surface area contributed by atoms with Crippen LogP contribution in [0.5, 0.6) is 0 Å². The fourth-order valence-corrected chi connectivity index (χ4v) is 2.28. The van der Waals surface area contributed by atoms with Gasteiger partial charge in [0.15, 0.2) is 5.78 Å². The van der Waals surface area contributed by atoms with Crippen LogP contribution >= 0.6 is 0 Å². The fraction of sp³-hybridized carbons (Fsp3) is 0.944. The van der Waals surface area contributed by atoms with Gasteiger partial charge in [0.25, 0.3) is 0 Å². The fourth-order valence-electron chi connectivity index (χ4n) is 2.28. The number of aliphatic hydroxyl groups excluding tert-OH is 1. The minimum atomic E-state index is -2.96. The summed E-state index contributed by atoms with van der Waals surface area (Å²) in [4.78, 5) is 11.4. The summed E-state index contributed by atoms with van der Waals surface area (Å²) in [6, 6.07) is -0.748. The summed E-state index contributed by atoms with van der Waals surface area (Å²) in [5, 5.41) is 8.79. The van der Waals surface area contributed by atoms with Crippen LogP contribution in [0.1, 0.15) is 106 Å². The Bertz CT molecular complexity index is 442. The van der Waals surface area contributed by atoms with E-state index < -0.39 is 25.6 Å². The molecule has 0 aromatic rings. The molecule has 0 radical (unpaired) electrons. The summed E-state index contributed by atoms with van der Waals surface area (Å²) in [5.74, 6) is -0.0844. The highest BCUT2D eigenvalue weighted by atomic mass is 16.3. The van der Waals surface area contributed by atoms with Crippen LogP contribution in [-0.2, 0) is 4.79 Å². The summed E-state index contributed by atoms with van der Waals surface area (Å²) >= 11 is 0. The molecule has 0 aliphatic carbocycles. The van der Waals surface area contributed by atoms with Gasteiger partial charge in [-0.2, -0.15) is 0 Å². The van der Waals surface area contributed by atoms with Gasteiger partial charge in [-0.3, -0.25) is 4.79 Å². The number of hydrogen-bond acceptors (Lipinski definition) is 3. The number of aliphatic hydroxyl groups is 1. The highest BCUT2D eigenvalue weighted by molar-refractivity contribution is 5.83. The number of hydrogen-bond donors (Lipinski definition) is 2. The average Bonchev–Trinajstić information content (AvgIpc) is 2.60. The molecule has 0 saturated carbocycles. The van der Waals surface area contributed by atoms with E-state index in [1.807, 2.05) is 0 Å². The zero-order valence-corrected chi connectivity index (χ0v) is 13.2. The second-order valence-corrected chi connectivity index (χ2v) is 5.59. The lowest BCUT2D eigenvalue weighted by Gasteiger charge is -2.06. The van der Waals surface area contributed by atoms with Gasteiger partial charge in [-0.1, -0.05) is 83.8 Å². The molecule has 0 saturated heterocycles. The Morgan fingerprint density at radius 2 is 1.48 bits per heavy atom. The second-order valence-electron chi connectivity index (χ2n) is 5.59. The molecule has 0 bridgehead atoms. The van der Waals surface area contributed by atoms with Gasteiger partial charge in [0.1, 0.15) is 0 Å². The van der Waals surface area contributed by atoms with Crippen molar-refractivity contribution in [3.8, 4) is 0 Å². The summed E-state index contributed by atoms with van der Waals surface area (Å²) in [7, 11) is 0. The first-order valence-electron chi connectivity index (χ1n) is 11.8. The third kappa shape index (κ3) is 14.3. The van der Waals surface area contributed by atoms with Crippen LogP contribution in [0.15, 0.2) is 0 Å². The molecule has 0 heterocycles. The van der Waals surface area contributed by atoms with Gasteiger partial charge in [0.05, 0.1) is 12.6 Å². The van der Waals surface area contributed by atoms with E-state index >= 15 is 0 Å². The molecule has 21 heavy (non-hydrogen) atoms. The number of unbranched alkanes of at least 4 members (excludes halogenated alkanes) is 9. The zero-order valence-electron chi connectivity index (χ0n) is 20.2. The van der Waals surface area contributed by atoms with Crippen LogP contribution in [0, 0.1) is 0 Å². The van der Waals surface area contributed by atoms with E-state index in [1.54, 1.807) is 0 Å². The molecular formula is C18H37NO2. The molecule has 3 nitrogen and oxygen atoms in total. The molecule has 0 aromatic carbocycles. The van der Waals surface area contributed by atoms with Crippen molar-refractivity contribution in [2.45, 2.75) is 103 Å². The molecule has 0 rings (SSSR count). The molecule has 3 heteroatoms. The largest absolute Gasteiger partial charge is 0.394 e. The van der Waals surface area contributed by atoms with Crippen LogP contribution in [0.4, 0.5) is 0 Å². The first-order chi connectivity index (χ1) is 12.9. The molecule has 0 unspecified atom stereocenters. The predicted molar refractivity (Wildman–Crippen MR) is 90.4 cm³/mol. The Balaban J connectivity index is 3.65. The number of nitrogens with two attached hydrogens (primary N) is 1. The van der Waals surface area contributed by atoms with Crippen molar-refractivity contribution in [1.82, 2.24) is 0 Å². The topological polar surface area (TPSA) is 63.3 Å². The minimum absolute atomic E-state index is 0.0844. The smallest absolute Gasteiger partial charge is 0.151 e. The lowest BCUT2D eigenvalue weighted by atomic mass is 10.0. The predicted octanol–water partition coefficient (Wildman–Crippen LogP) is 4.36. The highest BCUT2D eigenvalue weighted by Crippen LogP contribution is 2.13. The molecule has 0 aliphatic rings. The quantitative estimate of drug-likeness (QED) is 0.417. The standard InChI is InChI=1S/C18H37NO2/c1-2-3-4-5-6-7-8-9-10-11-12-13-14-15-18(21)17(19)16-20/h17,20H,2-16,19H2,1H3/t17-/m0/s1/i1D3,2D2,3D2. The van der Waals surface area contributed by atoms with Crippen LogP contribution < -0.4 is 5.73 Å². The van der Waals surface area contributed by atoms with E-state index in [-0.39, 0.29) is 18.8 Å². The van der Waals surface area contributed by atoms with E-state index in [0.717, 1.165) is 57.8 Å². The average molecular weight is 307 g/mol. The van der Waals surface area contributed by atoms with Crippen molar-refractivity contribution >= 4 is 5.78 Å². The summed E-state index contributed by atoms with van der Waals surface area (Å²) < 4.78 is 52.2. The minimum Gasteiger partial charge on any atom is -0.394 e. The molecule has 0 fully saturated rings. The van der Waals surface area contributed by atoms with Crippen molar-refractivity contribution in [3.05, 3.63) is 0 Å². The number of carbonyl (C=O) groups is 1. The maximum Gasteiger partial charge on any atom is 0.151 e. The van der Waals surface area contributed by atoms with Gasteiger partial charge < -0.3 is 10.8 Å². The summed E-state index contributed by atoms with van der Waals surface area (Å²) in [6.45, 7) is -3.26. The van der Waals surface area contributed by atoms with E-state index in [1.165, 1.54) is 0 Å². The monoisotopic (exact) mass is 306 g/mol. The van der Waals surface area contributed by atoms with Crippen molar-refractivity contribution in [3.63, 3.8) is 0 Å². The number of carbonyl (C=O) groups excluding carboxylic acids is 1. The third-order valence-electron chi connectivity index (χ3n) is 3.67. The third-order valence-corrected chi connectivity index (χ3v) is 3.67. The van der Waals surface area contributed by atoms with Crippen LogP contribution in [-0.4, -0.2) is 23.5 Å². The highest BCUT2D eigenvalue weighted by Gasteiger charge is 2.10. The molecule has 0 spiro atoms. The van der Waals surface area contributed by atoms with Crippen LogP contribution in [0.3, 0.4) is 0 Å². The van der Waals surface area contributed by atoms with Crippen LogP contribution in [0.2, 0.25) is 0 Å². The molecule has 1 atom stereocenters. The van der Waals surface area contributed by atoms with Gasteiger partial charge in [-0.15, -0.1) is 0 Å². The molecule has 126 valence electrons. The van der Waals surface area contributed by atoms with E-state index in [2.05, 4.69) is 0 Å². The number of ketones is 1. The SMILES string of the molecule is [2H]C([2H])([2H])C([2H])([2H])C([2H])([2H])CCCCCCCCCCCCC(=O)[C@@H](N)CO. The molecule has 3 N–H and O–H groups in total. The molecule has 0 aliphatic heterocycles. The van der Waals surface area contributed by atoms with Gasteiger partial charge >= 0.3 is 0 Å². The Morgan fingerprint density at radius 1 is 1.00 bits per heavy atom. The van der Waals surface area contributed by atoms with Crippen molar-refractivity contribution in [2.75, 3.05) is 6.61 Å². The number of rotatable bonds is 16. The molecular weight excluding hydrogens is 262 g/mol.